The third-order valence-corrected chi connectivity index (χ3v) is 7.88. The van der Waals surface area contributed by atoms with Crippen LogP contribution in [-0.2, 0) is 20.7 Å². The van der Waals surface area contributed by atoms with Crippen LogP contribution in [0.2, 0.25) is 0 Å². The van der Waals surface area contributed by atoms with Gasteiger partial charge in [-0.25, -0.2) is 9.18 Å². The quantitative estimate of drug-likeness (QED) is 0.276. The van der Waals surface area contributed by atoms with Gasteiger partial charge in [0, 0.05) is 49.1 Å². The van der Waals surface area contributed by atoms with E-state index in [1.54, 1.807) is 19.2 Å². The van der Waals surface area contributed by atoms with Crippen LogP contribution in [0.25, 0.3) is 11.1 Å². The molecule has 1 aliphatic rings. The lowest BCUT2D eigenvalue weighted by Gasteiger charge is -2.42. The van der Waals surface area contributed by atoms with Crippen molar-refractivity contribution in [2.45, 2.75) is 78.1 Å². The number of methoxy groups -OCH3 is 1. The Balaban J connectivity index is 1.72. The lowest BCUT2D eigenvalue weighted by atomic mass is 9.89. The SMILES string of the molecule is COC1(C)CCN(c2c(-c3ccc(OCCc4ccc(F)cc4)cc3)c(C)nc(C)c2[C@H](OC(C)(C)C)C(=O)O)CC1. The van der Waals surface area contributed by atoms with Gasteiger partial charge in [-0.05, 0) is 89.8 Å². The van der Waals surface area contributed by atoms with E-state index in [9.17, 15) is 14.3 Å². The Bertz CT molecular complexity index is 1380. The van der Waals surface area contributed by atoms with Crippen LogP contribution in [0.15, 0.2) is 48.5 Å². The highest BCUT2D eigenvalue weighted by Crippen LogP contribution is 2.44. The molecule has 1 N–H and O–H groups in total. The van der Waals surface area contributed by atoms with Gasteiger partial charge in [-0.2, -0.15) is 0 Å². The van der Waals surface area contributed by atoms with E-state index in [1.807, 2.05) is 58.9 Å². The number of aryl methyl sites for hydroxylation is 2. The highest BCUT2D eigenvalue weighted by atomic mass is 19.1. The number of ether oxygens (including phenoxy) is 3. The highest BCUT2D eigenvalue weighted by molar-refractivity contribution is 5.88. The van der Waals surface area contributed by atoms with Crippen molar-refractivity contribution in [1.82, 2.24) is 4.98 Å². The normalized spacial score (nSPS) is 15.9. The molecule has 2 heterocycles. The Kier molecular flexibility index (Phi) is 9.58. The Labute approximate surface area is 248 Å². The average Bonchev–Trinajstić information content (AvgIpc) is 2.93. The van der Waals surface area contributed by atoms with E-state index in [2.05, 4.69) is 11.8 Å². The summed E-state index contributed by atoms with van der Waals surface area (Å²) in [5.41, 5.74) is 4.79. The van der Waals surface area contributed by atoms with Crippen molar-refractivity contribution in [2.75, 3.05) is 31.7 Å². The van der Waals surface area contributed by atoms with Crippen LogP contribution in [0.4, 0.5) is 10.1 Å². The van der Waals surface area contributed by atoms with Gasteiger partial charge in [-0.1, -0.05) is 24.3 Å². The van der Waals surface area contributed by atoms with Gasteiger partial charge in [0.05, 0.1) is 23.5 Å². The molecule has 7 nitrogen and oxygen atoms in total. The van der Waals surface area contributed by atoms with Gasteiger partial charge in [0.1, 0.15) is 11.6 Å². The number of pyridine rings is 1. The Hall–Kier alpha value is -3.49. The van der Waals surface area contributed by atoms with Crippen LogP contribution in [0.3, 0.4) is 0 Å². The lowest BCUT2D eigenvalue weighted by molar-refractivity contribution is -0.160. The number of anilines is 1. The van der Waals surface area contributed by atoms with E-state index < -0.39 is 17.7 Å². The molecule has 42 heavy (non-hydrogen) atoms. The number of hydrogen-bond donors (Lipinski definition) is 1. The number of aliphatic carboxylic acids is 1. The summed E-state index contributed by atoms with van der Waals surface area (Å²) in [7, 11) is 1.74. The second kappa shape index (κ2) is 12.8. The summed E-state index contributed by atoms with van der Waals surface area (Å²) in [6, 6.07) is 14.2. The summed E-state index contributed by atoms with van der Waals surface area (Å²) in [6.45, 7) is 13.4. The van der Waals surface area contributed by atoms with Crippen molar-refractivity contribution < 1.29 is 28.5 Å². The summed E-state index contributed by atoms with van der Waals surface area (Å²) in [4.78, 5) is 19.8. The molecule has 2 aromatic carbocycles. The van der Waals surface area contributed by atoms with Gasteiger partial charge in [-0.3, -0.25) is 4.98 Å². The fraction of sp³-hybridized carbons (Fsp3) is 0.471. The van der Waals surface area contributed by atoms with E-state index in [1.165, 1.54) is 12.1 Å². The number of carboxylic acid groups (broad SMARTS) is 1. The van der Waals surface area contributed by atoms with Gasteiger partial charge < -0.3 is 24.2 Å². The topological polar surface area (TPSA) is 81.1 Å². The van der Waals surface area contributed by atoms with E-state index in [4.69, 9.17) is 19.2 Å². The zero-order chi connectivity index (χ0) is 30.7. The molecule has 0 spiro atoms. The minimum atomic E-state index is -1.18. The number of hydrogen-bond acceptors (Lipinski definition) is 6. The van der Waals surface area contributed by atoms with Crippen LogP contribution >= 0.6 is 0 Å². The summed E-state index contributed by atoms with van der Waals surface area (Å²) in [6.07, 6.45) is 1.09. The first kappa shape index (κ1) is 31.4. The molecule has 0 amide bonds. The fourth-order valence-corrected chi connectivity index (χ4v) is 5.48. The van der Waals surface area contributed by atoms with Gasteiger partial charge in [-0.15, -0.1) is 0 Å². The van der Waals surface area contributed by atoms with Crippen LogP contribution in [0.1, 0.15) is 69.2 Å². The van der Waals surface area contributed by atoms with E-state index >= 15 is 0 Å². The first-order valence-electron chi connectivity index (χ1n) is 14.5. The maximum Gasteiger partial charge on any atom is 0.337 e. The molecule has 1 atom stereocenters. The number of carboxylic acids is 1. The summed E-state index contributed by atoms with van der Waals surface area (Å²) < 4.78 is 31.1. The molecule has 0 aliphatic carbocycles. The molecule has 0 saturated carbocycles. The van der Waals surface area contributed by atoms with Gasteiger partial charge in [0.2, 0.25) is 0 Å². The van der Waals surface area contributed by atoms with E-state index in [0.717, 1.165) is 40.9 Å². The van der Waals surface area contributed by atoms with Gasteiger partial charge in [0.25, 0.3) is 0 Å². The standard InChI is InChI=1S/C34H43FN2O5/c1-22-28(25-10-14-27(15-11-25)41-21-16-24-8-12-26(35)13-9-24)30(37-19-17-34(6,40-7)18-20-37)29(23(2)36-22)31(32(38)39)42-33(3,4)5/h8-15,31H,16-21H2,1-7H3,(H,38,39)/t31-/m0/s1. The van der Waals surface area contributed by atoms with Gasteiger partial charge in [0.15, 0.2) is 6.10 Å². The van der Waals surface area contributed by atoms with Crippen LogP contribution in [-0.4, -0.2) is 54.1 Å². The smallest absolute Gasteiger partial charge is 0.337 e. The van der Waals surface area contributed by atoms with E-state index in [0.29, 0.717) is 43.1 Å². The zero-order valence-electron chi connectivity index (χ0n) is 25.8. The van der Waals surface area contributed by atoms with Crippen molar-refractivity contribution in [2.24, 2.45) is 0 Å². The van der Waals surface area contributed by atoms with Crippen molar-refractivity contribution in [1.29, 1.82) is 0 Å². The van der Waals surface area contributed by atoms with Crippen LogP contribution in [0, 0.1) is 19.7 Å². The van der Waals surface area contributed by atoms with Crippen molar-refractivity contribution in [3.63, 3.8) is 0 Å². The average molecular weight is 579 g/mol. The predicted octanol–water partition coefficient (Wildman–Crippen LogP) is 7.07. The Morgan fingerprint density at radius 1 is 1.05 bits per heavy atom. The summed E-state index contributed by atoms with van der Waals surface area (Å²) in [5, 5.41) is 10.4. The molecule has 0 radical (unpaired) electrons. The number of carbonyl (C=O) groups is 1. The molecule has 8 heteroatoms. The van der Waals surface area contributed by atoms with Crippen molar-refractivity contribution in [3.8, 4) is 16.9 Å². The van der Waals surface area contributed by atoms with Crippen LogP contribution in [0.5, 0.6) is 5.75 Å². The molecule has 1 fully saturated rings. The molecule has 1 aromatic heterocycles. The number of benzene rings is 2. The minimum Gasteiger partial charge on any atom is -0.493 e. The maximum absolute atomic E-state index is 13.2. The molecular weight excluding hydrogens is 535 g/mol. The maximum atomic E-state index is 13.2. The number of halogens is 1. The third kappa shape index (κ3) is 7.47. The molecule has 1 saturated heterocycles. The monoisotopic (exact) mass is 578 g/mol. The minimum absolute atomic E-state index is 0.227. The number of nitrogens with zero attached hydrogens (tertiary/aromatic N) is 2. The number of aromatic nitrogens is 1. The molecule has 0 unspecified atom stereocenters. The second-order valence-electron chi connectivity index (χ2n) is 12.3. The third-order valence-electron chi connectivity index (χ3n) is 7.88. The lowest BCUT2D eigenvalue weighted by Crippen LogP contribution is -2.44. The Morgan fingerprint density at radius 2 is 1.67 bits per heavy atom. The first-order chi connectivity index (χ1) is 19.8. The highest BCUT2D eigenvalue weighted by Gasteiger charge is 2.37. The number of rotatable bonds is 10. The van der Waals surface area contributed by atoms with E-state index in [-0.39, 0.29) is 11.4 Å². The predicted molar refractivity (Wildman–Crippen MR) is 163 cm³/mol. The molecular formula is C34H43FN2O5. The summed E-state index contributed by atoms with van der Waals surface area (Å²) >= 11 is 0. The molecule has 3 aromatic rings. The molecule has 4 rings (SSSR count). The largest absolute Gasteiger partial charge is 0.493 e. The zero-order valence-corrected chi connectivity index (χ0v) is 25.8. The van der Waals surface area contributed by atoms with Crippen LogP contribution < -0.4 is 9.64 Å². The molecule has 1 aliphatic heterocycles. The Morgan fingerprint density at radius 3 is 2.21 bits per heavy atom. The van der Waals surface area contributed by atoms with Crippen molar-refractivity contribution >= 4 is 11.7 Å². The summed E-state index contributed by atoms with van der Waals surface area (Å²) in [5.74, 6) is -0.584. The number of piperidine rings is 1. The second-order valence-corrected chi connectivity index (χ2v) is 12.3. The van der Waals surface area contributed by atoms with Crippen molar-refractivity contribution in [3.05, 3.63) is 76.9 Å². The first-order valence-corrected chi connectivity index (χ1v) is 14.5. The van der Waals surface area contributed by atoms with Gasteiger partial charge >= 0.3 is 5.97 Å². The fourth-order valence-electron chi connectivity index (χ4n) is 5.48. The molecule has 226 valence electrons. The molecule has 0 bridgehead atoms.